The Balaban J connectivity index is 2.67. The molecule has 0 saturated carbocycles. The molecule has 3 N–H and O–H groups in total. The van der Waals surface area contributed by atoms with Crippen LogP contribution >= 0.6 is 0 Å². The zero-order valence-electron chi connectivity index (χ0n) is 12.5. The van der Waals surface area contributed by atoms with Crippen molar-refractivity contribution in [2.75, 3.05) is 13.7 Å². The van der Waals surface area contributed by atoms with Crippen LogP contribution < -0.4 is 10.1 Å². The van der Waals surface area contributed by atoms with Gasteiger partial charge in [-0.25, -0.2) is 0 Å². The second-order valence-corrected chi connectivity index (χ2v) is 5.14. The van der Waals surface area contributed by atoms with Crippen molar-refractivity contribution in [3.05, 3.63) is 29.8 Å². The number of hydrogen-bond donors (Lipinski definition) is 3. The maximum absolute atomic E-state index is 9.78. The first-order valence-electron chi connectivity index (χ1n) is 6.81. The Morgan fingerprint density at radius 1 is 1.10 bits per heavy atom. The van der Waals surface area contributed by atoms with Gasteiger partial charge in [0.1, 0.15) is 18.0 Å². The van der Waals surface area contributed by atoms with E-state index >= 15 is 0 Å². The van der Waals surface area contributed by atoms with Crippen LogP contribution in [0.25, 0.3) is 0 Å². The lowest BCUT2D eigenvalue weighted by Crippen LogP contribution is -2.46. The number of aliphatic hydroxyl groups excluding tert-OH is 2. The highest BCUT2D eigenvalue weighted by atomic mass is 16.5. The maximum Gasteiger partial charge on any atom is 0.176 e. The van der Waals surface area contributed by atoms with Crippen molar-refractivity contribution in [1.82, 2.24) is 5.32 Å². The smallest absolute Gasteiger partial charge is 0.176 e. The molecule has 5 heteroatoms. The fourth-order valence-electron chi connectivity index (χ4n) is 1.77. The first-order valence-corrected chi connectivity index (χ1v) is 6.81. The number of hydrogen-bond acceptors (Lipinski definition) is 5. The highest BCUT2D eigenvalue weighted by Gasteiger charge is 2.17. The second-order valence-electron chi connectivity index (χ2n) is 5.14. The zero-order valence-corrected chi connectivity index (χ0v) is 12.5. The highest BCUT2D eigenvalue weighted by molar-refractivity contribution is 5.28. The first kappa shape index (κ1) is 16.9. The number of methoxy groups -OCH3 is 1. The van der Waals surface area contributed by atoms with Crippen LogP contribution in [0.5, 0.6) is 5.75 Å². The van der Waals surface area contributed by atoms with E-state index < -0.39 is 18.4 Å². The summed E-state index contributed by atoms with van der Waals surface area (Å²) >= 11 is 0. The molecular formula is C15H25NO4. The SMILES string of the molecule is COCC(O)c1ccc(OC(NC(C)C)C(C)O)cc1. The van der Waals surface area contributed by atoms with Gasteiger partial charge in [-0.1, -0.05) is 12.1 Å². The van der Waals surface area contributed by atoms with Crippen LogP contribution in [0.3, 0.4) is 0 Å². The minimum Gasteiger partial charge on any atom is -0.473 e. The van der Waals surface area contributed by atoms with Crippen LogP contribution in [0.2, 0.25) is 0 Å². The van der Waals surface area contributed by atoms with Gasteiger partial charge in [0.05, 0.1) is 6.61 Å². The van der Waals surface area contributed by atoms with Crippen LogP contribution in [0, 0.1) is 0 Å². The fraction of sp³-hybridized carbons (Fsp3) is 0.600. The average molecular weight is 283 g/mol. The van der Waals surface area contributed by atoms with Crippen molar-refractivity contribution < 1.29 is 19.7 Å². The molecule has 1 aromatic rings. The van der Waals surface area contributed by atoms with E-state index in [-0.39, 0.29) is 12.6 Å². The fourth-order valence-corrected chi connectivity index (χ4v) is 1.77. The highest BCUT2D eigenvalue weighted by Crippen LogP contribution is 2.19. The van der Waals surface area contributed by atoms with Gasteiger partial charge in [-0.3, -0.25) is 5.32 Å². The zero-order chi connectivity index (χ0) is 15.1. The third-order valence-corrected chi connectivity index (χ3v) is 2.79. The molecule has 1 aromatic carbocycles. The summed E-state index contributed by atoms with van der Waals surface area (Å²) in [7, 11) is 1.55. The second kappa shape index (κ2) is 8.21. The van der Waals surface area contributed by atoms with Crippen LogP contribution in [-0.4, -0.2) is 42.3 Å². The molecular weight excluding hydrogens is 258 g/mol. The van der Waals surface area contributed by atoms with Gasteiger partial charge in [0, 0.05) is 13.2 Å². The lowest BCUT2D eigenvalue weighted by atomic mass is 10.1. The van der Waals surface area contributed by atoms with Crippen LogP contribution in [0.1, 0.15) is 32.4 Å². The lowest BCUT2D eigenvalue weighted by Gasteiger charge is -2.25. The summed E-state index contributed by atoms with van der Waals surface area (Å²) < 4.78 is 10.6. The standard InChI is InChI=1S/C15H25NO4/c1-10(2)16-15(11(3)17)20-13-7-5-12(6-8-13)14(18)9-19-4/h5-8,10-11,14-18H,9H2,1-4H3. The third kappa shape index (κ3) is 5.46. The molecule has 20 heavy (non-hydrogen) atoms. The van der Waals surface area contributed by atoms with Gasteiger partial charge in [0.25, 0.3) is 0 Å². The Bertz CT molecular complexity index is 378. The van der Waals surface area contributed by atoms with E-state index in [1.54, 1.807) is 38.3 Å². The molecule has 114 valence electrons. The van der Waals surface area contributed by atoms with Crippen LogP contribution in [-0.2, 0) is 4.74 Å². The van der Waals surface area contributed by atoms with E-state index in [9.17, 15) is 10.2 Å². The summed E-state index contributed by atoms with van der Waals surface area (Å²) in [6, 6.07) is 7.32. The quantitative estimate of drug-likeness (QED) is 0.630. The molecule has 0 fully saturated rings. The number of nitrogens with one attached hydrogen (secondary N) is 1. The van der Waals surface area contributed by atoms with E-state index in [1.807, 2.05) is 13.8 Å². The molecule has 3 atom stereocenters. The number of rotatable bonds is 8. The van der Waals surface area contributed by atoms with Crippen molar-refractivity contribution >= 4 is 0 Å². The molecule has 0 saturated heterocycles. The first-order chi connectivity index (χ1) is 9.43. The van der Waals surface area contributed by atoms with E-state index in [0.29, 0.717) is 5.75 Å². The average Bonchev–Trinajstić information content (AvgIpc) is 2.38. The maximum atomic E-state index is 9.78. The normalized spacial score (nSPS) is 15.9. The Labute approximate surface area is 120 Å². The van der Waals surface area contributed by atoms with Gasteiger partial charge in [-0.05, 0) is 38.5 Å². The van der Waals surface area contributed by atoms with E-state index in [1.165, 1.54) is 0 Å². The molecule has 0 radical (unpaired) electrons. The van der Waals surface area contributed by atoms with Gasteiger partial charge in [-0.2, -0.15) is 0 Å². The summed E-state index contributed by atoms with van der Waals surface area (Å²) in [5.41, 5.74) is 0.768. The minimum atomic E-state index is -0.643. The molecule has 5 nitrogen and oxygen atoms in total. The molecule has 0 aliphatic carbocycles. The predicted molar refractivity (Wildman–Crippen MR) is 77.6 cm³/mol. The van der Waals surface area contributed by atoms with Gasteiger partial charge in [0.15, 0.2) is 6.23 Å². The molecule has 0 spiro atoms. The van der Waals surface area contributed by atoms with Gasteiger partial charge in [0.2, 0.25) is 0 Å². The largest absolute Gasteiger partial charge is 0.473 e. The summed E-state index contributed by atoms with van der Waals surface area (Å²) in [4.78, 5) is 0. The molecule has 0 aromatic heterocycles. The number of ether oxygens (including phenoxy) is 2. The van der Waals surface area contributed by atoms with Crippen molar-refractivity contribution in [2.45, 2.75) is 45.2 Å². The summed E-state index contributed by atoms with van der Waals surface area (Å²) in [6.45, 7) is 5.91. The van der Waals surface area contributed by atoms with E-state index in [4.69, 9.17) is 9.47 Å². The Morgan fingerprint density at radius 2 is 1.70 bits per heavy atom. The van der Waals surface area contributed by atoms with Crippen molar-refractivity contribution in [2.24, 2.45) is 0 Å². The Hall–Kier alpha value is -1.14. The third-order valence-electron chi connectivity index (χ3n) is 2.79. The number of benzene rings is 1. The summed E-state index contributed by atoms with van der Waals surface area (Å²) in [5, 5.41) is 22.6. The monoisotopic (exact) mass is 283 g/mol. The van der Waals surface area contributed by atoms with Crippen molar-refractivity contribution in [1.29, 1.82) is 0 Å². The molecule has 0 heterocycles. The van der Waals surface area contributed by atoms with Crippen LogP contribution in [0.15, 0.2) is 24.3 Å². The predicted octanol–water partition coefficient (Wildman–Crippen LogP) is 1.45. The minimum absolute atomic E-state index is 0.206. The summed E-state index contributed by atoms with van der Waals surface area (Å²) in [5.74, 6) is 0.636. The van der Waals surface area contributed by atoms with Gasteiger partial charge >= 0.3 is 0 Å². The van der Waals surface area contributed by atoms with Crippen molar-refractivity contribution in [3.63, 3.8) is 0 Å². The van der Waals surface area contributed by atoms with Gasteiger partial charge < -0.3 is 19.7 Å². The van der Waals surface area contributed by atoms with Crippen LogP contribution in [0.4, 0.5) is 0 Å². The van der Waals surface area contributed by atoms with E-state index in [0.717, 1.165) is 5.56 Å². The van der Waals surface area contributed by atoms with E-state index in [2.05, 4.69) is 5.32 Å². The Kier molecular flexibility index (Phi) is 6.95. The topological polar surface area (TPSA) is 71.0 Å². The van der Waals surface area contributed by atoms with Crippen molar-refractivity contribution in [3.8, 4) is 5.75 Å². The molecule has 1 rings (SSSR count). The van der Waals surface area contributed by atoms with Gasteiger partial charge in [-0.15, -0.1) is 0 Å². The molecule has 0 aliphatic heterocycles. The lowest BCUT2D eigenvalue weighted by molar-refractivity contribution is 0.0217. The molecule has 0 aliphatic rings. The molecule has 3 unspecified atom stereocenters. The molecule has 0 amide bonds. The number of aliphatic hydroxyl groups is 2. The molecule has 0 bridgehead atoms. The summed E-state index contributed by atoms with van der Waals surface area (Å²) in [6.07, 6.45) is -1.74. The Morgan fingerprint density at radius 3 is 2.15 bits per heavy atom.